The van der Waals surface area contributed by atoms with Crippen molar-refractivity contribution in [3.05, 3.63) is 36.0 Å². The molecule has 0 aliphatic heterocycles. The van der Waals surface area contributed by atoms with Gasteiger partial charge in [0, 0.05) is 35.6 Å². The van der Waals surface area contributed by atoms with Crippen LogP contribution in [0.4, 0.5) is 0 Å². The van der Waals surface area contributed by atoms with Crippen LogP contribution in [0.2, 0.25) is 0 Å². The number of para-hydroxylation sites is 1. The van der Waals surface area contributed by atoms with Gasteiger partial charge in [0.15, 0.2) is 5.78 Å². The minimum Gasteiger partial charge on any atom is -0.350 e. The van der Waals surface area contributed by atoms with Gasteiger partial charge in [0.25, 0.3) is 0 Å². The molecule has 0 saturated heterocycles. The molecule has 0 aliphatic carbocycles. The monoisotopic (exact) mass is 257 g/mol. The van der Waals surface area contributed by atoms with Gasteiger partial charge in [0.1, 0.15) is 0 Å². The van der Waals surface area contributed by atoms with Crippen LogP contribution in [0.3, 0.4) is 0 Å². The maximum Gasteiger partial charge on any atom is 0.168 e. The SMILES string of the molecule is CCCCC(CC)C(=O)c1cn(C)c2ccccc12. The lowest BCUT2D eigenvalue weighted by Crippen LogP contribution is -2.13. The number of ketones is 1. The standard InChI is InChI=1S/C17H23NO/c1-4-6-9-13(5-2)17(19)15-12-18(3)16-11-8-7-10-14(15)16/h7-8,10-13H,4-6,9H2,1-3H3. The van der Waals surface area contributed by atoms with Crippen molar-refractivity contribution in [2.75, 3.05) is 0 Å². The predicted molar refractivity (Wildman–Crippen MR) is 80.6 cm³/mol. The first kappa shape index (κ1) is 13.9. The molecule has 1 aromatic carbocycles. The highest BCUT2D eigenvalue weighted by Gasteiger charge is 2.21. The second-order valence-electron chi connectivity index (χ2n) is 5.28. The van der Waals surface area contributed by atoms with E-state index in [1.54, 1.807) is 0 Å². The summed E-state index contributed by atoms with van der Waals surface area (Å²) in [5, 5.41) is 1.09. The molecule has 1 heterocycles. The van der Waals surface area contributed by atoms with E-state index >= 15 is 0 Å². The van der Waals surface area contributed by atoms with E-state index in [1.807, 2.05) is 25.4 Å². The van der Waals surface area contributed by atoms with Crippen LogP contribution < -0.4 is 0 Å². The zero-order valence-corrected chi connectivity index (χ0v) is 12.1. The Bertz CT molecular complexity index is 568. The molecular weight excluding hydrogens is 234 g/mol. The van der Waals surface area contributed by atoms with Crippen molar-refractivity contribution < 1.29 is 4.79 Å². The summed E-state index contributed by atoms with van der Waals surface area (Å²) in [6.07, 6.45) is 6.22. The van der Waals surface area contributed by atoms with Crippen molar-refractivity contribution in [3.63, 3.8) is 0 Å². The average molecular weight is 257 g/mol. The molecule has 0 radical (unpaired) electrons. The number of unbranched alkanes of at least 4 members (excludes halogenated alkanes) is 1. The predicted octanol–water partition coefficient (Wildman–Crippen LogP) is 4.58. The van der Waals surface area contributed by atoms with Gasteiger partial charge in [-0.05, 0) is 18.9 Å². The lowest BCUT2D eigenvalue weighted by atomic mass is 9.90. The minimum absolute atomic E-state index is 0.172. The normalized spacial score (nSPS) is 12.8. The van der Waals surface area contributed by atoms with E-state index in [2.05, 4.69) is 30.5 Å². The number of hydrogen-bond acceptors (Lipinski definition) is 1. The number of hydrogen-bond donors (Lipinski definition) is 0. The molecule has 1 atom stereocenters. The highest BCUT2D eigenvalue weighted by atomic mass is 16.1. The highest BCUT2D eigenvalue weighted by molar-refractivity contribution is 6.09. The molecule has 0 aliphatic rings. The lowest BCUT2D eigenvalue weighted by Gasteiger charge is -2.12. The number of carbonyl (C=O) groups excluding carboxylic acids is 1. The fourth-order valence-corrected chi connectivity index (χ4v) is 2.73. The zero-order valence-electron chi connectivity index (χ0n) is 12.1. The van der Waals surface area contributed by atoms with E-state index in [1.165, 1.54) is 0 Å². The molecule has 1 unspecified atom stereocenters. The van der Waals surface area contributed by atoms with Crippen molar-refractivity contribution in [2.24, 2.45) is 13.0 Å². The zero-order chi connectivity index (χ0) is 13.8. The summed E-state index contributed by atoms with van der Waals surface area (Å²) >= 11 is 0. The summed E-state index contributed by atoms with van der Waals surface area (Å²) in [5.41, 5.74) is 2.03. The largest absolute Gasteiger partial charge is 0.350 e. The minimum atomic E-state index is 0.172. The van der Waals surface area contributed by atoms with Crippen molar-refractivity contribution in [1.82, 2.24) is 4.57 Å². The second-order valence-corrected chi connectivity index (χ2v) is 5.28. The Morgan fingerprint density at radius 3 is 2.68 bits per heavy atom. The molecule has 0 fully saturated rings. The van der Waals surface area contributed by atoms with Crippen LogP contribution in [0.5, 0.6) is 0 Å². The molecule has 2 aromatic rings. The van der Waals surface area contributed by atoms with Gasteiger partial charge in [-0.25, -0.2) is 0 Å². The van der Waals surface area contributed by atoms with Crippen molar-refractivity contribution in [1.29, 1.82) is 0 Å². The summed E-state index contributed by atoms with van der Waals surface area (Å²) in [4.78, 5) is 12.7. The van der Waals surface area contributed by atoms with Gasteiger partial charge in [-0.3, -0.25) is 4.79 Å². The third-order valence-corrected chi connectivity index (χ3v) is 3.93. The molecule has 0 spiro atoms. The van der Waals surface area contributed by atoms with Gasteiger partial charge in [-0.1, -0.05) is 44.9 Å². The maximum absolute atomic E-state index is 12.7. The van der Waals surface area contributed by atoms with Crippen LogP contribution in [-0.2, 0) is 7.05 Å². The van der Waals surface area contributed by atoms with E-state index in [0.29, 0.717) is 5.78 Å². The summed E-state index contributed by atoms with van der Waals surface area (Å²) in [7, 11) is 2.01. The third kappa shape index (κ3) is 2.73. The van der Waals surface area contributed by atoms with Crippen LogP contribution in [0.25, 0.3) is 10.9 Å². The van der Waals surface area contributed by atoms with Crippen molar-refractivity contribution in [2.45, 2.75) is 39.5 Å². The Morgan fingerprint density at radius 2 is 2.00 bits per heavy atom. The number of nitrogens with zero attached hydrogens (tertiary/aromatic N) is 1. The molecule has 102 valence electrons. The van der Waals surface area contributed by atoms with Gasteiger partial charge in [-0.15, -0.1) is 0 Å². The van der Waals surface area contributed by atoms with Crippen LogP contribution in [0, 0.1) is 5.92 Å². The Labute approximate surface area is 115 Å². The van der Waals surface area contributed by atoms with Gasteiger partial charge < -0.3 is 4.57 Å². The van der Waals surface area contributed by atoms with E-state index in [-0.39, 0.29) is 5.92 Å². The summed E-state index contributed by atoms with van der Waals surface area (Å²) in [6, 6.07) is 8.14. The molecule has 2 rings (SSSR count). The topological polar surface area (TPSA) is 22.0 Å². The van der Waals surface area contributed by atoms with Crippen LogP contribution >= 0.6 is 0 Å². The quantitative estimate of drug-likeness (QED) is 0.694. The number of aromatic nitrogens is 1. The fourth-order valence-electron chi connectivity index (χ4n) is 2.73. The first-order valence-electron chi connectivity index (χ1n) is 7.27. The Morgan fingerprint density at radius 1 is 1.26 bits per heavy atom. The van der Waals surface area contributed by atoms with Crippen molar-refractivity contribution >= 4 is 16.7 Å². The van der Waals surface area contributed by atoms with E-state index in [4.69, 9.17) is 0 Å². The molecule has 0 N–H and O–H groups in total. The van der Waals surface area contributed by atoms with Gasteiger partial charge >= 0.3 is 0 Å². The number of fused-ring (bicyclic) bond motifs is 1. The second kappa shape index (κ2) is 6.05. The van der Waals surface area contributed by atoms with Gasteiger partial charge in [-0.2, -0.15) is 0 Å². The number of Topliss-reactive ketones (excluding diaryl/α,β-unsaturated/α-hetero) is 1. The van der Waals surface area contributed by atoms with Crippen molar-refractivity contribution in [3.8, 4) is 0 Å². The van der Waals surface area contributed by atoms with Crippen LogP contribution in [0.1, 0.15) is 49.9 Å². The first-order valence-corrected chi connectivity index (χ1v) is 7.27. The number of carbonyl (C=O) groups is 1. The maximum atomic E-state index is 12.7. The Balaban J connectivity index is 2.35. The summed E-state index contributed by atoms with van der Waals surface area (Å²) < 4.78 is 2.05. The molecule has 2 heteroatoms. The van der Waals surface area contributed by atoms with Gasteiger partial charge in [0.2, 0.25) is 0 Å². The molecule has 0 bridgehead atoms. The summed E-state index contributed by atoms with van der Waals surface area (Å²) in [6.45, 7) is 4.29. The molecule has 19 heavy (non-hydrogen) atoms. The Hall–Kier alpha value is -1.57. The van der Waals surface area contributed by atoms with Gasteiger partial charge in [0.05, 0.1) is 0 Å². The van der Waals surface area contributed by atoms with E-state index in [9.17, 15) is 4.79 Å². The number of rotatable bonds is 6. The smallest absolute Gasteiger partial charge is 0.168 e. The fraction of sp³-hybridized carbons (Fsp3) is 0.471. The lowest BCUT2D eigenvalue weighted by molar-refractivity contribution is 0.0909. The number of benzene rings is 1. The molecular formula is C17H23NO. The Kier molecular flexibility index (Phi) is 4.41. The first-order chi connectivity index (χ1) is 9.19. The van der Waals surface area contributed by atoms with Crippen LogP contribution in [-0.4, -0.2) is 10.4 Å². The average Bonchev–Trinajstić information content (AvgIpc) is 2.77. The van der Waals surface area contributed by atoms with Crippen LogP contribution in [0.15, 0.2) is 30.5 Å². The van der Waals surface area contributed by atoms with E-state index < -0.39 is 0 Å². The molecule has 0 saturated carbocycles. The highest BCUT2D eigenvalue weighted by Crippen LogP contribution is 2.26. The van der Waals surface area contributed by atoms with E-state index in [0.717, 1.165) is 42.1 Å². The number of aryl methyl sites for hydroxylation is 1. The molecule has 2 nitrogen and oxygen atoms in total. The third-order valence-electron chi connectivity index (χ3n) is 3.93. The molecule has 0 amide bonds. The molecule has 1 aromatic heterocycles. The summed E-state index contributed by atoms with van der Waals surface area (Å²) in [5.74, 6) is 0.485.